The number of fused-ring (bicyclic) bond motifs is 1. The van der Waals surface area contributed by atoms with Crippen molar-refractivity contribution >= 4 is 16.9 Å². The fourth-order valence-corrected chi connectivity index (χ4v) is 6.16. The number of benzene rings is 1. The first-order valence-corrected chi connectivity index (χ1v) is 13.1. The van der Waals surface area contributed by atoms with Gasteiger partial charge < -0.3 is 9.47 Å². The number of carbonyl (C=O) groups is 1. The zero-order valence-electron chi connectivity index (χ0n) is 20.0. The van der Waals surface area contributed by atoms with Gasteiger partial charge in [-0.3, -0.25) is 4.79 Å². The first kappa shape index (κ1) is 23.3. The molecule has 0 saturated heterocycles. The zero-order chi connectivity index (χ0) is 22.5. The van der Waals surface area contributed by atoms with Gasteiger partial charge in [-0.15, -0.1) is 0 Å². The van der Waals surface area contributed by atoms with Crippen LogP contribution in [-0.4, -0.2) is 32.9 Å². The van der Waals surface area contributed by atoms with Gasteiger partial charge >= 0.3 is 0 Å². The smallest absolute Gasteiger partial charge is 0.224 e. The molecule has 5 heteroatoms. The van der Waals surface area contributed by atoms with Crippen LogP contribution in [0.2, 0.25) is 0 Å². The van der Waals surface area contributed by atoms with Crippen LogP contribution in [0.15, 0.2) is 18.2 Å². The Labute approximate surface area is 192 Å². The van der Waals surface area contributed by atoms with Gasteiger partial charge in [0.2, 0.25) is 5.91 Å². The fourth-order valence-electron chi connectivity index (χ4n) is 6.16. The Morgan fingerprint density at radius 3 is 2.53 bits per heavy atom. The predicted molar refractivity (Wildman–Crippen MR) is 128 cm³/mol. The molecule has 4 rings (SSSR count). The van der Waals surface area contributed by atoms with Crippen molar-refractivity contribution < 1.29 is 9.18 Å². The minimum absolute atomic E-state index is 0.232. The van der Waals surface area contributed by atoms with Crippen LogP contribution in [0.25, 0.3) is 11.0 Å². The highest BCUT2D eigenvalue weighted by Crippen LogP contribution is 2.38. The van der Waals surface area contributed by atoms with E-state index < -0.39 is 0 Å². The number of carbonyl (C=O) groups excluding carboxylic acids is 1. The highest BCUT2D eigenvalue weighted by molar-refractivity contribution is 5.78. The minimum Gasteiger partial charge on any atom is -0.340 e. The molecular weight excluding hydrogens is 401 g/mol. The van der Waals surface area contributed by atoms with Crippen molar-refractivity contribution in [2.45, 2.75) is 109 Å². The van der Waals surface area contributed by atoms with E-state index in [1.54, 1.807) is 12.1 Å². The van der Waals surface area contributed by atoms with Crippen LogP contribution < -0.4 is 0 Å². The maximum atomic E-state index is 14.1. The first-order valence-electron chi connectivity index (χ1n) is 13.1. The number of halogens is 1. The maximum Gasteiger partial charge on any atom is 0.224 e. The second kappa shape index (κ2) is 10.8. The second-order valence-electron chi connectivity index (χ2n) is 9.98. The van der Waals surface area contributed by atoms with Gasteiger partial charge in [0.05, 0.1) is 11.0 Å². The van der Waals surface area contributed by atoms with Gasteiger partial charge in [-0.25, -0.2) is 9.37 Å². The van der Waals surface area contributed by atoms with Crippen LogP contribution >= 0.6 is 0 Å². The number of aryl methyl sites for hydroxylation is 1. The van der Waals surface area contributed by atoms with Gasteiger partial charge in [-0.2, -0.15) is 0 Å². The van der Waals surface area contributed by atoms with Gasteiger partial charge in [0, 0.05) is 31.5 Å². The van der Waals surface area contributed by atoms with Crippen molar-refractivity contribution in [3.63, 3.8) is 0 Å². The van der Waals surface area contributed by atoms with Crippen molar-refractivity contribution in [1.82, 2.24) is 14.5 Å². The highest BCUT2D eigenvalue weighted by atomic mass is 19.1. The molecule has 2 fully saturated rings. The zero-order valence-corrected chi connectivity index (χ0v) is 20.0. The topological polar surface area (TPSA) is 38.1 Å². The van der Waals surface area contributed by atoms with Crippen molar-refractivity contribution in [2.24, 2.45) is 5.92 Å². The lowest BCUT2D eigenvalue weighted by Gasteiger charge is -2.34. The molecule has 1 aromatic carbocycles. The number of rotatable bonds is 8. The Hall–Kier alpha value is -1.91. The third-order valence-electron chi connectivity index (χ3n) is 7.87. The number of hydrogen-bond donors (Lipinski definition) is 0. The summed E-state index contributed by atoms with van der Waals surface area (Å²) in [4.78, 5) is 20.2. The summed E-state index contributed by atoms with van der Waals surface area (Å²) in [6, 6.07) is 5.27. The second-order valence-corrected chi connectivity index (χ2v) is 9.98. The molecule has 0 radical (unpaired) electrons. The van der Waals surface area contributed by atoms with Crippen LogP contribution in [0.4, 0.5) is 4.39 Å². The molecule has 2 saturated carbocycles. The number of hydrogen-bond acceptors (Lipinski definition) is 2. The van der Waals surface area contributed by atoms with E-state index in [4.69, 9.17) is 4.98 Å². The summed E-state index contributed by atoms with van der Waals surface area (Å²) in [5.41, 5.74) is 1.69. The molecule has 4 nitrogen and oxygen atoms in total. The third kappa shape index (κ3) is 5.18. The average Bonchev–Trinajstić information content (AvgIpc) is 3.17. The molecule has 1 aromatic heterocycles. The molecule has 32 heavy (non-hydrogen) atoms. The summed E-state index contributed by atoms with van der Waals surface area (Å²) in [5.74, 6) is 2.31. The lowest BCUT2D eigenvalue weighted by atomic mass is 9.79. The summed E-state index contributed by atoms with van der Waals surface area (Å²) >= 11 is 0. The van der Waals surface area contributed by atoms with E-state index >= 15 is 0 Å². The molecule has 2 aliphatic carbocycles. The Kier molecular flexibility index (Phi) is 7.85. The van der Waals surface area contributed by atoms with Gasteiger partial charge in [0.15, 0.2) is 0 Å². The number of imidazole rings is 1. The van der Waals surface area contributed by atoms with Crippen LogP contribution in [-0.2, 0) is 11.3 Å². The molecular formula is C27H40FN3O. The Morgan fingerprint density at radius 2 is 1.84 bits per heavy atom. The molecule has 176 valence electrons. The van der Waals surface area contributed by atoms with E-state index in [1.165, 1.54) is 51.0 Å². The third-order valence-corrected chi connectivity index (χ3v) is 7.87. The van der Waals surface area contributed by atoms with Crippen molar-refractivity contribution in [1.29, 1.82) is 0 Å². The van der Waals surface area contributed by atoms with Crippen LogP contribution in [0.1, 0.15) is 103 Å². The minimum atomic E-state index is -0.236. The van der Waals surface area contributed by atoms with Crippen LogP contribution in [0, 0.1) is 11.7 Å². The van der Waals surface area contributed by atoms with Crippen molar-refractivity contribution in [3.05, 3.63) is 29.8 Å². The lowest BCUT2D eigenvalue weighted by molar-refractivity contribution is -0.134. The maximum absolute atomic E-state index is 14.1. The van der Waals surface area contributed by atoms with Gasteiger partial charge in [-0.1, -0.05) is 39.0 Å². The monoisotopic (exact) mass is 441 g/mol. The molecule has 1 amide bonds. The molecule has 0 bridgehead atoms. The summed E-state index contributed by atoms with van der Waals surface area (Å²) in [6.45, 7) is 5.72. The van der Waals surface area contributed by atoms with E-state index in [-0.39, 0.29) is 11.7 Å². The average molecular weight is 442 g/mol. The van der Waals surface area contributed by atoms with E-state index in [9.17, 15) is 9.18 Å². The summed E-state index contributed by atoms with van der Waals surface area (Å²) in [7, 11) is 0. The van der Waals surface area contributed by atoms with Gasteiger partial charge in [-0.05, 0) is 69.6 Å². The van der Waals surface area contributed by atoms with Crippen LogP contribution in [0.3, 0.4) is 0 Å². The molecule has 2 aromatic rings. The molecule has 0 spiro atoms. The van der Waals surface area contributed by atoms with E-state index in [1.807, 2.05) is 0 Å². The molecule has 0 unspecified atom stereocenters. The molecule has 2 aliphatic rings. The normalized spacial score (nSPS) is 22.3. The van der Waals surface area contributed by atoms with Crippen LogP contribution in [0.5, 0.6) is 0 Å². The lowest BCUT2D eigenvalue weighted by Crippen LogP contribution is -2.41. The predicted octanol–water partition coefficient (Wildman–Crippen LogP) is 6.82. The summed E-state index contributed by atoms with van der Waals surface area (Å²) in [5, 5.41) is 0. The van der Waals surface area contributed by atoms with E-state index in [0.29, 0.717) is 24.9 Å². The number of nitrogens with zero attached hydrogens (tertiary/aromatic N) is 3. The number of aromatic nitrogens is 2. The number of amides is 1. The van der Waals surface area contributed by atoms with E-state index in [2.05, 4.69) is 23.3 Å². The quantitative estimate of drug-likeness (QED) is 0.451. The summed E-state index contributed by atoms with van der Waals surface area (Å²) < 4.78 is 16.3. The van der Waals surface area contributed by atoms with Crippen molar-refractivity contribution in [2.75, 3.05) is 6.54 Å². The first-order chi connectivity index (χ1) is 15.6. The fraction of sp³-hybridized carbons (Fsp3) is 0.704. The Bertz CT molecular complexity index is 894. The molecule has 0 atom stereocenters. The standard InChI is InChI=1S/C27H40FN3O/c1-3-8-20-11-13-21(14-12-20)27-29-24-16-15-22(28)19-25(24)31(27)18-17-26(32)30(4-2)23-9-6-5-7-10-23/h15-16,19-21,23H,3-14,17-18H2,1-2H3. The SMILES string of the molecule is CCCC1CCC(c2nc3ccc(F)cc3n2CCC(=O)N(CC)C2CCCCC2)CC1. The summed E-state index contributed by atoms with van der Waals surface area (Å²) in [6.07, 6.45) is 13.8. The molecule has 0 N–H and O–H groups in total. The molecule has 1 heterocycles. The van der Waals surface area contributed by atoms with Gasteiger partial charge in [0.1, 0.15) is 11.6 Å². The van der Waals surface area contributed by atoms with Gasteiger partial charge in [0.25, 0.3) is 0 Å². The van der Waals surface area contributed by atoms with E-state index in [0.717, 1.165) is 55.0 Å². The Morgan fingerprint density at radius 1 is 1.09 bits per heavy atom. The highest BCUT2D eigenvalue weighted by Gasteiger charge is 2.28. The molecule has 0 aliphatic heterocycles. The van der Waals surface area contributed by atoms with Crippen molar-refractivity contribution in [3.8, 4) is 0 Å². The Balaban J connectivity index is 1.52. The largest absolute Gasteiger partial charge is 0.340 e.